The van der Waals surface area contributed by atoms with Gasteiger partial charge in [0, 0.05) is 67.2 Å². The van der Waals surface area contributed by atoms with Gasteiger partial charge in [-0.2, -0.15) is 5.26 Å². The Bertz CT molecular complexity index is 2330. The quantitative estimate of drug-likeness (QED) is 0.179. The number of ketones is 1. The highest BCUT2D eigenvalue weighted by atomic mass is 32.1. The average molecular weight is 849 g/mol. The van der Waals surface area contributed by atoms with Crippen molar-refractivity contribution in [2.75, 3.05) is 39.0 Å². The van der Waals surface area contributed by atoms with E-state index in [1.165, 1.54) is 28.2 Å². The van der Waals surface area contributed by atoms with Crippen LogP contribution in [-0.2, 0) is 33.7 Å². The minimum Gasteiger partial charge on any atom is -0.454 e. The third-order valence-electron chi connectivity index (χ3n) is 8.96. The molecule has 3 aromatic heterocycles. The van der Waals surface area contributed by atoms with Gasteiger partial charge in [-0.1, -0.05) is 0 Å². The van der Waals surface area contributed by atoms with Crippen LogP contribution in [0.1, 0.15) is 69.8 Å². The monoisotopic (exact) mass is 848 g/mol. The summed E-state index contributed by atoms with van der Waals surface area (Å²) in [7, 11) is 0. The van der Waals surface area contributed by atoms with Crippen LogP contribution in [0.5, 0.6) is 23.0 Å². The minimum atomic E-state index is -0.508. The van der Waals surface area contributed by atoms with Crippen molar-refractivity contribution in [3.05, 3.63) is 39.7 Å². The number of anilines is 1. The Morgan fingerprint density at radius 1 is 0.776 bits per heavy atom. The standard InChI is InChI=1S/C20H21N3O4S2.C10H6N2O2S.C10H17NO3/c1-20(2,3)27-19(24)23-5-4-10-15(8-23)28-17(21)16(10)18-22-11-6-12-13(26-9-25-12)7-14(11)29-18;11-2-1-10-12-6-3-7-8(14-5-13-7)4-9(6)15-10;1-10(2,3)14-9(13)11-6-4-8(12)5-7-11/h6-7H,4-5,8-9,21H2,1-3H3;3-4H,1,5H2;4-7H2,1-3H3. The lowest BCUT2D eigenvalue weighted by Gasteiger charge is -2.30. The van der Waals surface area contributed by atoms with Crippen LogP contribution >= 0.6 is 34.0 Å². The lowest BCUT2D eigenvalue weighted by atomic mass is 10.0. The zero-order valence-electron chi connectivity index (χ0n) is 33.1. The number of nitrogens with two attached hydrogens (primary N) is 1. The van der Waals surface area contributed by atoms with Crippen LogP contribution in [0.2, 0.25) is 0 Å². The summed E-state index contributed by atoms with van der Waals surface area (Å²) in [6.45, 7) is 13.8. The number of rotatable bonds is 2. The second kappa shape index (κ2) is 16.5. The molecule has 306 valence electrons. The van der Waals surface area contributed by atoms with Crippen molar-refractivity contribution in [3.63, 3.8) is 0 Å². The van der Waals surface area contributed by atoms with Crippen LogP contribution in [0.3, 0.4) is 0 Å². The van der Waals surface area contributed by atoms with E-state index in [0.29, 0.717) is 45.4 Å². The van der Waals surface area contributed by atoms with Crippen LogP contribution in [-0.4, -0.2) is 82.2 Å². The van der Waals surface area contributed by atoms with Crippen molar-refractivity contribution in [2.24, 2.45) is 0 Å². The third-order valence-corrected chi connectivity index (χ3v) is 12.1. The van der Waals surface area contributed by atoms with Crippen molar-refractivity contribution < 1.29 is 42.8 Å². The summed E-state index contributed by atoms with van der Waals surface area (Å²) in [5.74, 6) is 3.19. The maximum atomic E-state index is 12.4. The van der Waals surface area contributed by atoms with Gasteiger partial charge < -0.3 is 44.0 Å². The molecule has 9 rings (SSSR count). The molecule has 2 aromatic carbocycles. The second-order valence-corrected chi connectivity index (χ2v) is 19.0. The average Bonchev–Trinajstić information content (AvgIpc) is 3.98. The van der Waals surface area contributed by atoms with E-state index in [1.54, 1.807) is 21.1 Å². The molecule has 0 radical (unpaired) electrons. The molecule has 2 amide bonds. The third kappa shape index (κ3) is 9.49. The van der Waals surface area contributed by atoms with E-state index in [-0.39, 0.29) is 31.6 Å². The highest BCUT2D eigenvalue weighted by Crippen LogP contribution is 2.46. The molecular formula is C40H44N6O9S3. The number of hydrogen-bond donors (Lipinski definition) is 1. The van der Waals surface area contributed by atoms with E-state index in [0.717, 1.165) is 75.3 Å². The fourth-order valence-electron chi connectivity index (χ4n) is 6.34. The highest BCUT2D eigenvalue weighted by Gasteiger charge is 2.31. The summed E-state index contributed by atoms with van der Waals surface area (Å²) in [6, 6.07) is 9.74. The van der Waals surface area contributed by atoms with Gasteiger partial charge in [-0.3, -0.25) is 4.79 Å². The predicted octanol–water partition coefficient (Wildman–Crippen LogP) is 8.31. The van der Waals surface area contributed by atoms with E-state index in [4.69, 9.17) is 44.4 Å². The number of thiophene rings is 1. The molecule has 4 aliphatic heterocycles. The number of carbonyl (C=O) groups excluding carboxylic acids is 3. The van der Waals surface area contributed by atoms with Crippen molar-refractivity contribution in [3.8, 4) is 39.6 Å². The Hall–Kier alpha value is -5.38. The molecule has 0 spiro atoms. The number of amides is 2. The van der Waals surface area contributed by atoms with Gasteiger partial charge in [0.05, 0.1) is 44.5 Å². The first-order valence-electron chi connectivity index (χ1n) is 18.7. The number of Topliss-reactive ketones (excluding diaryl/α,β-unsaturated/α-hetero) is 1. The number of thiazole rings is 2. The zero-order valence-corrected chi connectivity index (χ0v) is 35.5. The topological polar surface area (TPSA) is 189 Å². The summed E-state index contributed by atoms with van der Waals surface area (Å²) in [6.07, 6.45) is 1.40. The normalized spacial score (nSPS) is 15.6. The molecule has 18 heteroatoms. The summed E-state index contributed by atoms with van der Waals surface area (Å²) in [5.41, 5.74) is 9.36. The van der Waals surface area contributed by atoms with E-state index < -0.39 is 11.2 Å². The molecule has 0 saturated carbocycles. The van der Waals surface area contributed by atoms with E-state index in [9.17, 15) is 14.4 Å². The van der Waals surface area contributed by atoms with Gasteiger partial charge in [0.2, 0.25) is 13.6 Å². The summed E-state index contributed by atoms with van der Waals surface area (Å²) in [5, 5.41) is 11.0. The number of aromatic nitrogens is 2. The number of carbonyl (C=O) groups is 3. The molecule has 5 aromatic rings. The fourth-order valence-corrected chi connectivity index (χ4v) is 9.51. The Kier molecular flexibility index (Phi) is 11.6. The maximum absolute atomic E-state index is 12.4. The molecule has 1 saturated heterocycles. The Morgan fingerprint density at radius 2 is 1.29 bits per heavy atom. The molecule has 0 aliphatic carbocycles. The van der Waals surface area contributed by atoms with Gasteiger partial charge in [0.25, 0.3) is 0 Å². The van der Waals surface area contributed by atoms with Crippen LogP contribution in [0.4, 0.5) is 14.6 Å². The molecule has 4 aliphatic rings. The number of ether oxygens (including phenoxy) is 6. The van der Waals surface area contributed by atoms with Crippen molar-refractivity contribution in [1.29, 1.82) is 5.26 Å². The van der Waals surface area contributed by atoms with Gasteiger partial charge in [-0.05, 0) is 53.5 Å². The highest BCUT2D eigenvalue weighted by molar-refractivity contribution is 7.22. The van der Waals surface area contributed by atoms with Gasteiger partial charge in [-0.25, -0.2) is 19.6 Å². The number of benzene rings is 2. The van der Waals surface area contributed by atoms with Crippen LogP contribution in [0.15, 0.2) is 24.3 Å². The van der Waals surface area contributed by atoms with Crippen LogP contribution in [0.25, 0.3) is 31.0 Å². The zero-order chi connectivity index (χ0) is 41.4. The van der Waals surface area contributed by atoms with Crippen molar-refractivity contribution in [1.82, 2.24) is 19.8 Å². The van der Waals surface area contributed by atoms with Crippen LogP contribution in [0, 0.1) is 11.3 Å². The number of fused-ring (bicyclic) bond motifs is 5. The van der Waals surface area contributed by atoms with Gasteiger partial charge in [0.15, 0.2) is 23.0 Å². The fraction of sp³-hybridized carbons (Fsp3) is 0.450. The molecule has 58 heavy (non-hydrogen) atoms. The van der Waals surface area contributed by atoms with E-state index in [1.807, 2.05) is 65.8 Å². The summed E-state index contributed by atoms with van der Waals surface area (Å²) >= 11 is 4.64. The molecule has 0 bridgehead atoms. The Balaban J connectivity index is 0.000000148. The first-order valence-corrected chi connectivity index (χ1v) is 21.1. The molecule has 7 heterocycles. The number of piperidine rings is 1. The maximum Gasteiger partial charge on any atom is 0.410 e. The number of nitrogens with zero attached hydrogens (tertiary/aromatic N) is 5. The number of likely N-dealkylation sites (tertiary alicyclic amines) is 1. The summed E-state index contributed by atoms with van der Waals surface area (Å²) < 4.78 is 34.2. The van der Waals surface area contributed by atoms with Crippen molar-refractivity contribution in [2.45, 2.75) is 85.0 Å². The predicted molar refractivity (Wildman–Crippen MR) is 221 cm³/mol. The van der Waals surface area contributed by atoms with Gasteiger partial charge in [-0.15, -0.1) is 34.0 Å². The Labute approximate surface area is 347 Å². The molecular weight excluding hydrogens is 805 g/mol. The number of hydrogen-bond acceptors (Lipinski definition) is 16. The second-order valence-electron chi connectivity index (χ2n) is 15.7. The first-order chi connectivity index (χ1) is 27.5. The molecule has 0 atom stereocenters. The minimum absolute atomic E-state index is 0.227. The SMILES string of the molecule is CC(C)(C)OC(=O)N1CCC(=O)CC1.CC(C)(C)OC(=O)N1CCc2c(sc(N)c2-c2nc3cc4c(cc3s2)OCO4)C1.N#CCc1nc2cc3c(cc2s1)OCO3. The van der Waals surface area contributed by atoms with Crippen molar-refractivity contribution >= 4 is 77.4 Å². The lowest BCUT2D eigenvalue weighted by molar-refractivity contribution is -0.121. The van der Waals surface area contributed by atoms with E-state index >= 15 is 0 Å². The summed E-state index contributed by atoms with van der Waals surface area (Å²) in [4.78, 5) is 48.5. The number of nitrogen functional groups attached to an aromatic ring is 1. The van der Waals surface area contributed by atoms with Gasteiger partial charge in [0.1, 0.15) is 27.0 Å². The molecule has 0 unspecified atom stereocenters. The Morgan fingerprint density at radius 3 is 1.86 bits per heavy atom. The van der Waals surface area contributed by atoms with Crippen LogP contribution < -0.4 is 24.7 Å². The first kappa shape index (κ1) is 40.8. The smallest absolute Gasteiger partial charge is 0.410 e. The lowest BCUT2D eigenvalue weighted by Crippen LogP contribution is -2.41. The van der Waals surface area contributed by atoms with E-state index in [2.05, 4.69) is 11.1 Å². The molecule has 2 N–H and O–H groups in total. The van der Waals surface area contributed by atoms with Gasteiger partial charge >= 0.3 is 12.2 Å². The molecule has 1 fully saturated rings. The molecule has 15 nitrogen and oxygen atoms in total. The largest absolute Gasteiger partial charge is 0.454 e. The number of nitriles is 1.